The maximum Gasteiger partial charge on any atom is 0.0290 e. The lowest BCUT2D eigenvalue weighted by atomic mass is 9.68. The second kappa shape index (κ2) is 12.7. The Bertz CT molecular complexity index is 754. The summed E-state index contributed by atoms with van der Waals surface area (Å²) in [5.41, 5.74) is 0. The van der Waals surface area contributed by atoms with E-state index in [2.05, 4.69) is 42.4 Å². The summed E-state index contributed by atoms with van der Waals surface area (Å²) >= 11 is 0. The first-order valence-electron chi connectivity index (χ1n) is 17.4. The van der Waals surface area contributed by atoms with Gasteiger partial charge in [-0.1, -0.05) is 46.0 Å². The summed E-state index contributed by atoms with van der Waals surface area (Å²) < 4.78 is 2.64. The van der Waals surface area contributed by atoms with Gasteiger partial charge < -0.3 is 4.90 Å². The summed E-state index contributed by atoms with van der Waals surface area (Å²) in [5, 5.41) is 0. The van der Waals surface area contributed by atoms with Crippen LogP contribution in [0.4, 0.5) is 0 Å². The summed E-state index contributed by atoms with van der Waals surface area (Å²) in [4.78, 5) is 5.57. The minimum atomic E-state index is 0.862. The predicted molar refractivity (Wildman–Crippen MR) is 165 cm³/mol. The minimum absolute atomic E-state index is 0.862. The van der Waals surface area contributed by atoms with E-state index in [9.17, 15) is 0 Å². The zero-order chi connectivity index (χ0) is 26.2. The Morgan fingerprint density at radius 1 is 0.763 bits per heavy atom. The molecule has 4 heteroatoms. The van der Waals surface area contributed by atoms with Crippen molar-refractivity contribution in [2.45, 2.75) is 110 Å². The number of nitrogens with zero attached hydrogens (tertiary/aromatic N) is 3. The summed E-state index contributed by atoms with van der Waals surface area (Å²) in [5.74, 6) is 10.7. The maximum absolute atomic E-state index is 2.90. The molecule has 5 aliphatic carbocycles. The van der Waals surface area contributed by atoms with Gasteiger partial charge in [0.1, 0.15) is 0 Å². The molecule has 4 bridgehead atoms. The third-order valence-electron chi connectivity index (χ3n) is 13.6. The molecule has 5 saturated carbocycles. The van der Waals surface area contributed by atoms with E-state index in [1.54, 1.807) is 44.9 Å². The van der Waals surface area contributed by atoms with Crippen LogP contribution in [0.2, 0.25) is 0 Å². The van der Waals surface area contributed by atoms with E-state index in [0.29, 0.717) is 0 Å². The number of hydrogen-bond donors (Lipinski definition) is 0. The number of likely N-dealkylation sites (tertiary alicyclic amines) is 1. The lowest BCUT2D eigenvalue weighted by Crippen LogP contribution is -2.33. The van der Waals surface area contributed by atoms with E-state index in [4.69, 9.17) is 0 Å². The zero-order valence-corrected chi connectivity index (χ0v) is 26.6. The van der Waals surface area contributed by atoms with Gasteiger partial charge in [0, 0.05) is 32.0 Å². The Kier molecular flexibility index (Phi) is 9.48. The molecule has 1 saturated heterocycles. The summed E-state index contributed by atoms with van der Waals surface area (Å²) in [6, 6.07) is 0.862. The van der Waals surface area contributed by atoms with Crippen LogP contribution in [0.1, 0.15) is 104 Å². The van der Waals surface area contributed by atoms with Gasteiger partial charge in [0.2, 0.25) is 0 Å². The Hall–Kier alpha value is 0.310. The van der Waals surface area contributed by atoms with Gasteiger partial charge >= 0.3 is 0 Å². The molecule has 0 radical (unpaired) electrons. The van der Waals surface area contributed by atoms with Gasteiger partial charge in [-0.05, 0) is 146 Å². The smallest absolute Gasteiger partial charge is 0.0290 e. The Balaban J connectivity index is 0.898. The molecule has 0 amide bonds. The second-order valence-electron chi connectivity index (χ2n) is 15.3. The third-order valence-corrected chi connectivity index (χ3v) is 15.0. The first kappa shape index (κ1) is 28.4. The number of hydrogen-bond acceptors (Lipinski definition) is 3. The molecule has 3 nitrogen and oxygen atoms in total. The van der Waals surface area contributed by atoms with Crippen molar-refractivity contribution >= 4 is 8.73 Å². The van der Waals surface area contributed by atoms with Crippen molar-refractivity contribution in [1.29, 1.82) is 0 Å². The topological polar surface area (TPSA) is 9.72 Å². The van der Waals surface area contributed by atoms with Crippen molar-refractivity contribution in [3.05, 3.63) is 0 Å². The summed E-state index contributed by atoms with van der Waals surface area (Å²) in [6.07, 6.45) is 22.4. The van der Waals surface area contributed by atoms with Crippen LogP contribution >= 0.6 is 8.73 Å². The van der Waals surface area contributed by atoms with E-state index in [0.717, 1.165) is 74.0 Å². The second-order valence-corrected chi connectivity index (χ2v) is 16.7. The molecule has 11 atom stereocenters. The molecule has 6 aliphatic rings. The lowest BCUT2D eigenvalue weighted by Gasteiger charge is -2.37. The first-order chi connectivity index (χ1) is 18.5. The van der Waals surface area contributed by atoms with Crippen LogP contribution in [0, 0.1) is 59.2 Å². The highest BCUT2D eigenvalue weighted by Gasteiger charge is 2.58. The van der Waals surface area contributed by atoms with Gasteiger partial charge in [-0.3, -0.25) is 9.57 Å². The molecule has 6 rings (SSSR count). The fraction of sp³-hybridized carbons (Fsp3) is 1.00. The van der Waals surface area contributed by atoms with Crippen molar-refractivity contribution < 1.29 is 0 Å². The van der Waals surface area contributed by atoms with Crippen molar-refractivity contribution in [2.75, 3.05) is 46.6 Å². The van der Waals surface area contributed by atoms with Crippen molar-refractivity contribution in [3.8, 4) is 0 Å². The molecule has 218 valence electrons. The Labute approximate surface area is 238 Å². The molecule has 11 unspecified atom stereocenters. The average molecular weight is 544 g/mol. The van der Waals surface area contributed by atoms with Crippen LogP contribution in [0.25, 0.3) is 0 Å². The van der Waals surface area contributed by atoms with Crippen LogP contribution in [0.15, 0.2) is 0 Å². The highest BCUT2D eigenvalue weighted by Crippen LogP contribution is 2.62. The normalized spacial score (nSPS) is 43.1. The van der Waals surface area contributed by atoms with E-state index < -0.39 is 0 Å². The Morgan fingerprint density at radius 3 is 2.24 bits per heavy atom. The molecule has 0 aromatic rings. The largest absolute Gasteiger partial charge is 0.303 e. The van der Waals surface area contributed by atoms with Gasteiger partial charge in [0.25, 0.3) is 0 Å². The van der Waals surface area contributed by atoms with Crippen molar-refractivity contribution in [3.63, 3.8) is 0 Å². The predicted octanol–water partition coefficient (Wildman–Crippen LogP) is 7.82. The highest BCUT2D eigenvalue weighted by atomic mass is 31.1. The molecule has 0 aromatic heterocycles. The SMILES string of the molecule is CCC1C2CCC(C2)C1CCCC1C(C)C2CC1C1CN(CCCN(C)PCN(C)C3CCCCC3)CC21. The molecule has 0 aromatic carbocycles. The number of rotatable bonds is 13. The molecular weight excluding hydrogens is 481 g/mol. The molecule has 6 fully saturated rings. The van der Waals surface area contributed by atoms with E-state index >= 15 is 0 Å². The van der Waals surface area contributed by atoms with Gasteiger partial charge in [-0.15, -0.1) is 0 Å². The summed E-state index contributed by atoms with van der Waals surface area (Å²) in [7, 11) is 5.72. The van der Waals surface area contributed by atoms with Gasteiger partial charge in [0.05, 0.1) is 0 Å². The van der Waals surface area contributed by atoms with Crippen molar-refractivity contribution in [1.82, 2.24) is 14.5 Å². The van der Waals surface area contributed by atoms with Crippen LogP contribution in [0.3, 0.4) is 0 Å². The molecular formula is C34H62N3P. The molecule has 38 heavy (non-hydrogen) atoms. The molecule has 1 aliphatic heterocycles. The van der Waals surface area contributed by atoms with E-state index in [1.807, 2.05) is 0 Å². The average Bonchev–Trinajstić information content (AvgIpc) is 3.74. The fourth-order valence-electron chi connectivity index (χ4n) is 11.7. The molecule has 1 heterocycles. The van der Waals surface area contributed by atoms with E-state index in [1.165, 1.54) is 77.4 Å². The summed E-state index contributed by atoms with van der Waals surface area (Å²) in [6.45, 7) is 10.7. The van der Waals surface area contributed by atoms with Crippen molar-refractivity contribution in [2.24, 2.45) is 59.2 Å². The lowest BCUT2D eigenvalue weighted by molar-refractivity contribution is 0.123. The standard InChI is InChI=1S/C34H62N3P/c1-5-28-25-15-16-26(19-25)30(28)14-9-13-29-24(2)31-20-32(29)34-22-37(21-33(31)34)18-10-17-36(4)38-23-35(3)27-11-7-6-8-12-27/h24-34,38H,5-23H2,1-4H3. The molecule has 0 N–H and O–H groups in total. The van der Waals surface area contributed by atoms with Crippen LogP contribution < -0.4 is 0 Å². The van der Waals surface area contributed by atoms with Crippen LogP contribution in [-0.4, -0.2) is 67.1 Å². The highest BCUT2D eigenvalue weighted by molar-refractivity contribution is 7.35. The van der Waals surface area contributed by atoms with E-state index in [-0.39, 0.29) is 0 Å². The monoisotopic (exact) mass is 543 g/mol. The third kappa shape index (κ3) is 5.80. The van der Waals surface area contributed by atoms with Gasteiger partial charge in [-0.2, -0.15) is 0 Å². The van der Waals surface area contributed by atoms with Gasteiger partial charge in [0.15, 0.2) is 0 Å². The Morgan fingerprint density at radius 2 is 1.47 bits per heavy atom. The quantitative estimate of drug-likeness (QED) is 0.219. The first-order valence-corrected chi connectivity index (χ1v) is 18.6. The maximum atomic E-state index is 2.90. The van der Waals surface area contributed by atoms with Crippen LogP contribution in [0.5, 0.6) is 0 Å². The zero-order valence-electron chi connectivity index (χ0n) is 25.6. The number of fused-ring (bicyclic) bond motifs is 7. The minimum Gasteiger partial charge on any atom is -0.303 e. The van der Waals surface area contributed by atoms with Crippen LogP contribution in [-0.2, 0) is 0 Å². The van der Waals surface area contributed by atoms with Gasteiger partial charge in [-0.25, -0.2) is 0 Å². The fourth-order valence-corrected chi connectivity index (χ4v) is 12.7. The molecule has 0 spiro atoms.